The molecule has 3 heteroatoms. The lowest BCUT2D eigenvalue weighted by atomic mass is 9.94. The Balaban J connectivity index is 2.68. The zero-order valence-corrected chi connectivity index (χ0v) is 9.29. The Morgan fingerprint density at radius 1 is 1.43 bits per heavy atom. The summed E-state index contributed by atoms with van der Waals surface area (Å²) in [5.74, 6) is 0.845. The van der Waals surface area contributed by atoms with Crippen molar-refractivity contribution in [1.82, 2.24) is 0 Å². The summed E-state index contributed by atoms with van der Waals surface area (Å²) < 4.78 is 5.51. The molecule has 0 aliphatic heterocycles. The molecule has 76 valence electrons. The maximum atomic E-state index is 9.50. The van der Waals surface area contributed by atoms with E-state index in [2.05, 4.69) is 6.07 Å². The molecule has 0 amide bonds. The molecule has 0 unspecified atom stereocenters. The number of hydrogen-bond donors (Lipinski definition) is 1. The third kappa shape index (κ3) is 3.42. The van der Waals surface area contributed by atoms with Gasteiger partial charge in [-0.2, -0.15) is 0 Å². The van der Waals surface area contributed by atoms with Crippen LogP contribution in [0.25, 0.3) is 0 Å². The van der Waals surface area contributed by atoms with E-state index < -0.39 is 5.60 Å². The number of aryl methyl sites for hydroxylation is 1. The molecule has 0 saturated heterocycles. The van der Waals surface area contributed by atoms with Crippen molar-refractivity contribution in [2.24, 2.45) is 0 Å². The molecule has 1 aromatic carbocycles. The van der Waals surface area contributed by atoms with Crippen molar-refractivity contribution in [3.8, 4) is 5.75 Å². The molecule has 0 fully saturated rings. The van der Waals surface area contributed by atoms with E-state index >= 15 is 0 Å². The van der Waals surface area contributed by atoms with Crippen molar-refractivity contribution in [2.45, 2.75) is 26.4 Å². The Bertz CT molecular complexity index is 316. The second kappa shape index (κ2) is 4.05. The monoisotopic (exact) mass is 192 g/mol. The molecule has 0 atom stereocenters. The molecule has 0 radical (unpaired) electrons. The Labute approximate surface area is 86.3 Å². The van der Waals surface area contributed by atoms with Gasteiger partial charge in [-0.1, -0.05) is 17.6 Å². The molecular weight excluding hydrogens is 175 g/mol. The van der Waals surface area contributed by atoms with Gasteiger partial charge in [-0.05, 0) is 32.4 Å². The predicted octanol–water partition coefficient (Wildman–Crippen LogP) is 0.403. The molecule has 0 spiro atoms. The van der Waals surface area contributed by atoms with Gasteiger partial charge in [0.2, 0.25) is 0 Å². The second-order valence-electron chi connectivity index (χ2n) is 4.37. The van der Waals surface area contributed by atoms with Gasteiger partial charge >= 0.3 is 0 Å². The molecule has 0 aromatic heterocycles. The third-order valence-electron chi connectivity index (χ3n) is 1.91. The van der Waals surface area contributed by atoms with Gasteiger partial charge in [-0.15, -0.1) is 0 Å². The summed E-state index contributed by atoms with van der Waals surface area (Å²) in [7, 11) is 2.05. The van der Waals surface area contributed by atoms with E-state index in [1.165, 1.54) is 5.46 Å². The first-order valence-corrected chi connectivity index (χ1v) is 4.81. The standard InChI is InChI=1S/C11H17BO2/c1-8-6-9(12)4-5-10(8)14-7-11(2,3)13/h4-6,13H,7,12H2,1-3H3. The number of ether oxygens (including phenoxy) is 1. The lowest BCUT2D eigenvalue weighted by Gasteiger charge is -2.18. The van der Waals surface area contributed by atoms with Crippen LogP contribution >= 0.6 is 0 Å². The van der Waals surface area contributed by atoms with E-state index in [0.717, 1.165) is 11.3 Å². The Kier molecular flexibility index (Phi) is 3.22. The van der Waals surface area contributed by atoms with E-state index in [4.69, 9.17) is 4.74 Å². The topological polar surface area (TPSA) is 29.5 Å². The van der Waals surface area contributed by atoms with Crippen LogP contribution in [0.1, 0.15) is 19.4 Å². The minimum absolute atomic E-state index is 0.316. The highest BCUT2D eigenvalue weighted by Gasteiger charge is 2.13. The van der Waals surface area contributed by atoms with Gasteiger partial charge in [-0.25, -0.2) is 0 Å². The lowest BCUT2D eigenvalue weighted by molar-refractivity contribution is 0.0283. The molecule has 1 aromatic rings. The zero-order chi connectivity index (χ0) is 10.8. The Morgan fingerprint density at radius 2 is 2.07 bits per heavy atom. The van der Waals surface area contributed by atoms with Gasteiger partial charge in [0.15, 0.2) is 0 Å². The van der Waals surface area contributed by atoms with Crippen LogP contribution in [-0.4, -0.2) is 25.2 Å². The summed E-state index contributed by atoms with van der Waals surface area (Å²) in [5.41, 5.74) is 1.55. The van der Waals surface area contributed by atoms with Crippen molar-refractivity contribution < 1.29 is 9.84 Å². The van der Waals surface area contributed by atoms with Gasteiger partial charge in [0.05, 0.1) is 5.60 Å². The van der Waals surface area contributed by atoms with Gasteiger partial charge in [0, 0.05) is 0 Å². The van der Waals surface area contributed by atoms with Crippen LogP contribution in [0.5, 0.6) is 5.75 Å². The van der Waals surface area contributed by atoms with E-state index in [-0.39, 0.29) is 0 Å². The van der Waals surface area contributed by atoms with E-state index in [1.54, 1.807) is 13.8 Å². The average molecular weight is 192 g/mol. The van der Waals surface area contributed by atoms with Crippen molar-refractivity contribution in [3.63, 3.8) is 0 Å². The average Bonchev–Trinajstić information content (AvgIpc) is 2.00. The smallest absolute Gasteiger partial charge is 0.139 e. The first-order valence-electron chi connectivity index (χ1n) is 4.81. The van der Waals surface area contributed by atoms with Crippen LogP contribution < -0.4 is 10.2 Å². The molecule has 0 heterocycles. The summed E-state index contributed by atoms with van der Waals surface area (Å²) in [5, 5.41) is 9.50. The Morgan fingerprint density at radius 3 is 2.57 bits per heavy atom. The van der Waals surface area contributed by atoms with Gasteiger partial charge in [0.25, 0.3) is 0 Å². The molecule has 0 aliphatic rings. The summed E-state index contributed by atoms with van der Waals surface area (Å²) in [6.45, 7) is 5.79. The summed E-state index contributed by atoms with van der Waals surface area (Å²) in [6, 6.07) is 6.02. The minimum Gasteiger partial charge on any atom is -0.490 e. The number of benzene rings is 1. The van der Waals surface area contributed by atoms with E-state index in [0.29, 0.717) is 6.61 Å². The fourth-order valence-corrected chi connectivity index (χ4v) is 1.22. The molecule has 0 aliphatic carbocycles. The highest BCUT2D eigenvalue weighted by molar-refractivity contribution is 6.32. The highest BCUT2D eigenvalue weighted by Crippen LogP contribution is 2.16. The lowest BCUT2D eigenvalue weighted by Crippen LogP contribution is -2.28. The van der Waals surface area contributed by atoms with E-state index in [1.807, 2.05) is 26.9 Å². The molecule has 0 bridgehead atoms. The fourth-order valence-electron chi connectivity index (χ4n) is 1.22. The minimum atomic E-state index is -0.780. The van der Waals surface area contributed by atoms with E-state index in [9.17, 15) is 5.11 Å². The maximum Gasteiger partial charge on any atom is 0.139 e. The Hall–Kier alpha value is -0.955. The van der Waals surface area contributed by atoms with Gasteiger partial charge in [0.1, 0.15) is 20.2 Å². The van der Waals surface area contributed by atoms with Crippen molar-refractivity contribution in [1.29, 1.82) is 0 Å². The first-order chi connectivity index (χ1) is 6.38. The summed E-state index contributed by atoms with van der Waals surface area (Å²) in [6.07, 6.45) is 0. The molecule has 1 N–H and O–H groups in total. The van der Waals surface area contributed by atoms with Crippen LogP contribution in [0, 0.1) is 6.92 Å². The maximum absolute atomic E-state index is 9.50. The van der Waals surface area contributed by atoms with Crippen molar-refractivity contribution in [3.05, 3.63) is 23.8 Å². The van der Waals surface area contributed by atoms with Crippen molar-refractivity contribution in [2.75, 3.05) is 6.61 Å². The number of rotatable bonds is 3. The second-order valence-corrected chi connectivity index (χ2v) is 4.37. The van der Waals surface area contributed by atoms with Crippen LogP contribution in [-0.2, 0) is 0 Å². The van der Waals surface area contributed by atoms with Crippen LogP contribution in [0.15, 0.2) is 18.2 Å². The molecule has 2 nitrogen and oxygen atoms in total. The number of hydrogen-bond acceptors (Lipinski definition) is 2. The normalized spacial score (nSPS) is 11.4. The van der Waals surface area contributed by atoms with Crippen LogP contribution in [0.2, 0.25) is 0 Å². The molecular formula is C11H17BO2. The summed E-state index contributed by atoms with van der Waals surface area (Å²) >= 11 is 0. The first kappa shape index (κ1) is 11.1. The van der Waals surface area contributed by atoms with Crippen molar-refractivity contribution >= 4 is 13.3 Å². The van der Waals surface area contributed by atoms with Gasteiger partial charge in [-0.3, -0.25) is 0 Å². The molecule has 0 saturated carbocycles. The van der Waals surface area contributed by atoms with Crippen LogP contribution in [0.4, 0.5) is 0 Å². The zero-order valence-electron chi connectivity index (χ0n) is 9.29. The SMILES string of the molecule is Bc1ccc(OCC(C)(C)O)c(C)c1. The largest absolute Gasteiger partial charge is 0.490 e. The van der Waals surface area contributed by atoms with Crippen LogP contribution in [0.3, 0.4) is 0 Å². The highest BCUT2D eigenvalue weighted by atomic mass is 16.5. The third-order valence-corrected chi connectivity index (χ3v) is 1.91. The predicted molar refractivity (Wildman–Crippen MR) is 61.1 cm³/mol. The quantitative estimate of drug-likeness (QED) is 0.702. The molecule has 1 rings (SSSR count). The summed E-state index contributed by atoms with van der Waals surface area (Å²) in [4.78, 5) is 0. The fraction of sp³-hybridized carbons (Fsp3) is 0.455. The number of aliphatic hydroxyl groups is 1. The van der Waals surface area contributed by atoms with Gasteiger partial charge < -0.3 is 9.84 Å². The molecule has 14 heavy (non-hydrogen) atoms.